The van der Waals surface area contributed by atoms with Gasteiger partial charge in [-0.2, -0.15) is 0 Å². The summed E-state index contributed by atoms with van der Waals surface area (Å²) in [6.07, 6.45) is -0.454. The van der Waals surface area contributed by atoms with Crippen LogP contribution in [0.1, 0.15) is 62.8 Å². The van der Waals surface area contributed by atoms with E-state index in [0.717, 1.165) is 16.3 Å². The van der Waals surface area contributed by atoms with E-state index in [2.05, 4.69) is 45.2 Å². The SMILES string of the molecule is CN=C(NCc1nc(C(C)C)cs1)NCC(NC(=O)OC(C)(C)C)c1ccccc1.I. The second kappa shape index (κ2) is 12.8. The molecule has 2 aromatic rings. The van der Waals surface area contributed by atoms with E-state index in [1.165, 1.54) is 0 Å². The van der Waals surface area contributed by atoms with Crippen LogP contribution in [0.3, 0.4) is 0 Å². The highest BCUT2D eigenvalue weighted by Crippen LogP contribution is 2.17. The van der Waals surface area contributed by atoms with Crippen LogP contribution in [0.5, 0.6) is 0 Å². The molecule has 0 bridgehead atoms. The Kier molecular flexibility index (Phi) is 11.3. The van der Waals surface area contributed by atoms with E-state index in [0.29, 0.717) is 25.0 Å². The molecule has 2 rings (SSSR count). The summed E-state index contributed by atoms with van der Waals surface area (Å²) in [5, 5.41) is 12.6. The van der Waals surface area contributed by atoms with Crippen LogP contribution in [0.15, 0.2) is 40.7 Å². The fourth-order valence-electron chi connectivity index (χ4n) is 2.64. The molecule has 0 saturated carbocycles. The van der Waals surface area contributed by atoms with E-state index in [-0.39, 0.29) is 30.0 Å². The van der Waals surface area contributed by atoms with Crippen LogP contribution in [-0.4, -0.2) is 36.2 Å². The number of hydrogen-bond acceptors (Lipinski definition) is 5. The van der Waals surface area contributed by atoms with Gasteiger partial charge in [-0.25, -0.2) is 9.78 Å². The average molecular weight is 560 g/mol. The van der Waals surface area contributed by atoms with Crippen LogP contribution in [-0.2, 0) is 11.3 Å². The molecule has 1 amide bonds. The van der Waals surface area contributed by atoms with E-state index in [1.54, 1.807) is 18.4 Å². The molecule has 0 fully saturated rings. The van der Waals surface area contributed by atoms with Crippen molar-refractivity contribution in [3.63, 3.8) is 0 Å². The number of aromatic nitrogens is 1. The van der Waals surface area contributed by atoms with Crippen LogP contribution in [0.2, 0.25) is 0 Å². The van der Waals surface area contributed by atoms with Crippen molar-refractivity contribution < 1.29 is 9.53 Å². The zero-order valence-electron chi connectivity index (χ0n) is 19.1. The fourth-order valence-corrected chi connectivity index (χ4v) is 3.53. The van der Waals surface area contributed by atoms with Crippen molar-refractivity contribution in [3.05, 3.63) is 52.0 Å². The number of nitrogens with one attached hydrogen (secondary N) is 3. The highest BCUT2D eigenvalue weighted by Gasteiger charge is 2.21. The minimum Gasteiger partial charge on any atom is -0.444 e. The minimum absolute atomic E-state index is 0. The van der Waals surface area contributed by atoms with Crippen LogP contribution in [0.25, 0.3) is 0 Å². The number of halogens is 1. The Hall–Kier alpha value is -1.88. The molecule has 0 spiro atoms. The van der Waals surface area contributed by atoms with Gasteiger partial charge in [-0.05, 0) is 32.3 Å². The lowest BCUT2D eigenvalue weighted by molar-refractivity contribution is 0.0504. The molecular weight excluding hydrogens is 525 g/mol. The summed E-state index contributed by atoms with van der Waals surface area (Å²) in [5.41, 5.74) is 1.53. The van der Waals surface area contributed by atoms with E-state index in [9.17, 15) is 4.79 Å². The maximum Gasteiger partial charge on any atom is 0.408 e. The maximum atomic E-state index is 12.3. The molecular formula is C22H34IN5O2S. The summed E-state index contributed by atoms with van der Waals surface area (Å²) in [6.45, 7) is 10.8. The minimum atomic E-state index is -0.557. The summed E-state index contributed by atoms with van der Waals surface area (Å²) in [5.74, 6) is 1.06. The summed E-state index contributed by atoms with van der Waals surface area (Å²) < 4.78 is 5.42. The quantitative estimate of drug-likeness (QED) is 0.258. The van der Waals surface area contributed by atoms with Gasteiger partial charge in [0.15, 0.2) is 5.96 Å². The summed E-state index contributed by atoms with van der Waals surface area (Å²) in [7, 11) is 1.72. The average Bonchev–Trinajstić information content (AvgIpc) is 3.16. The third kappa shape index (κ3) is 9.86. The molecule has 1 heterocycles. The van der Waals surface area contributed by atoms with Crippen LogP contribution in [0, 0.1) is 0 Å². The van der Waals surface area contributed by atoms with Gasteiger partial charge in [0.1, 0.15) is 10.6 Å². The van der Waals surface area contributed by atoms with Gasteiger partial charge < -0.3 is 20.7 Å². The number of hydrogen-bond donors (Lipinski definition) is 3. The first kappa shape index (κ1) is 27.2. The smallest absolute Gasteiger partial charge is 0.408 e. The number of thiazole rings is 1. The second-order valence-electron chi connectivity index (χ2n) is 8.24. The van der Waals surface area contributed by atoms with Crippen molar-refractivity contribution in [3.8, 4) is 0 Å². The van der Waals surface area contributed by atoms with E-state index in [4.69, 9.17) is 4.74 Å². The molecule has 9 heteroatoms. The van der Waals surface area contributed by atoms with E-state index >= 15 is 0 Å². The fraction of sp³-hybridized carbons (Fsp3) is 0.500. The number of benzene rings is 1. The Labute approximate surface area is 206 Å². The number of rotatable bonds is 7. The van der Waals surface area contributed by atoms with Crippen molar-refractivity contribution in [1.29, 1.82) is 0 Å². The number of nitrogens with zero attached hydrogens (tertiary/aromatic N) is 2. The van der Waals surface area contributed by atoms with Crippen molar-refractivity contribution >= 4 is 47.4 Å². The molecule has 0 saturated heterocycles. The molecule has 31 heavy (non-hydrogen) atoms. The van der Waals surface area contributed by atoms with Gasteiger partial charge in [0, 0.05) is 19.0 Å². The van der Waals surface area contributed by atoms with Gasteiger partial charge in [-0.15, -0.1) is 35.3 Å². The summed E-state index contributed by atoms with van der Waals surface area (Å²) >= 11 is 1.64. The number of alkyl carbamates (subject to hydrolysis) is 1. The van der Waals surface area contributed by atoms with Crippen LogP contribution < -0.4 is 16.0 Å². The third-order valence-electron chi connectivity index (χ3n) is 4.16. The van der Waals surface area contributed by atoms with E-state index in [1.807, 2.05) is 51.1 Å². The number of carbonyl (C=O) groups is 1. The van der Waals surface area contributed by atoms with Gasteiger partial charge in [-0.3, -0.25) is 4.99 Å². The monoisotopic (exact) mass is 559 g/mol. The molecule has 0 aliphatic carbocycles. The molecule has 7 nitrogen and oxygen atoms in total. The van der Waals surface area contributed by atoms with E-state index < -0.39 is 11.7 Å². The molecule has 172 valence electrons. The molecule has 3 N–H and O–H groups in total. The second-order valence-corrected chi connectivity index (χ2v) is 9.18. The molecule has 1 atom stereocenters. The lowest BCUT2D eigenvalue weighted by Crippen LogP contribution is -2.44. The summed E-state index contributed by atoms with van der Waals surface area (Å²) in [4.78, 5) is 21.2. The first-order valence-electron chi connectivity index (χ1n) is 10.1. The first-order chi connectivity index (χ1) is 14.2. The third-order valence-corrected chi connectivity index (χ3v) is 5.03. The Morgan fingerprint density at radius 1 is 1.19 bits per heavy atom. The van der Waals surface area contributed by atoms with Crippen molar-refractivity contribution in [2.45, 2.75) is 58.7 Å². The van der Waals surface area contributed by atoms with Gasteiger partial charge in [0.25, 0.3) is 0 Å². The number of amides is 1. The topological polar surface area (TPSA) is 87.6 Å². The standard InChI is InChI=1S/C22H33N5O2S.HI/c1-15(2)18-14-30-19(26-18)13-25-20(23-6)24-12-17(16-10-8-7-9-11-16)27-21(28)29-22(3,4)5;/h7-11,14-15,17H,12-13H2,1-6H3,(H,27,28)(H2,23,24,25);1H. The highest BCUT2D eigenvalue weighted by atomic mass is 127. The Bertz CT molecular complexity index is 834. The van der Waals surface area contributed by atoms with Crippen molar-refractivity contribution in [2.75, 3.05) is 13.6 Å². The number of carbonyl (C=O) groups excluding carboxylic acids is 1. The van der Waals surface area contributed by atoms with Crippen LogP contribution >= 0.6 is 35.3 Å². The zero-order valence-corrected chi connectivity index (χ0v) is 22.2. The lowest BCUT2D eigenvalue weighted by atomic mass is 10.1. The molecule has 1 aromatic heterocycles. The number of guanidine groups is 1. The van der Waals surface area contributed by atoms with Crippen LogP contribution in [0.4, 0.5) is 4.79 Å². The largest absolute Gasteiger partial charge is 0.444 e. The Morgan fingerprint density at radius 2 is 1.87 bits per heavy atom. The van der Waals surface area contributed by atoms with Gasteiger partial charge >= 0.3 is 6.09 Å². The van der Waals surface area contributed by atoms with Crippen molar-refractivity contribution in [1.82, 2.24) is 20.9 Å². The van der Waals surface area contributed by atoms with Gasteiger partial charge in [-0.1, -0.05) is 44.2 Å². The van der Waals surface area contributed by atoms with Crippen molar-refractivity contribution in [2.24, 2.45) is 4.99 Å². The number of aliphatic imine (C=N–C) groups is 1. The predicted molar refractivity (Wildman–Crippen MR) is 138 cm³/mol. The molecule has 1 aromatic carbocycles. The molecule has 0 aliphatic rings. The Morgan fingerprint density at radius 3 is 2.42 bits per heavy atom. The first-order valence-corrected chi connectivity index (χ1v) is 11.0. The Balaban J connectivity index is 0.00000480. The lowest BCUT2D eigenvalue weighted by Gasteiger charge is -2.24. The van der Waals surface area contributed by atoms with Gasteiger partial charge in [0.2, 0.25) is 0 Å². The maximum absolute atomic E-state index is 12.3. The number of ether oxygens (including phenoxy) is 1. The normalized spacial score (nSPS) is 12.7. The highest BCUT2D eigenvalue weighted by molar-refractivity contribution is 14.0. The molecule has 0 aliphatic heterocycles. The zero-order chi connectivity index (χ0) is 22.1. The summed E-state index contributed by atoms with van der Waals surface area (Å²) in [6, 6.07) is 9.52. The van der Waals surface area contributed by atoms with Gasteiger partial charge in [0.05, 0.1) is 18.3 Å². The molecule has 0 radical (unpaired) electrons. The molecule has 1 unspecified atom stereocenters. The predicted octanol–water partition coefficient (Wildman–Crippen LogP) is 4.82.